The molecule has 2 aromatic heterocycles. The number of aliphatic hydroxyl groups is 1. The van der Waals surface area contributed by atoms with Gasteiger partial charge in [-0.1, -0.05) is 0 Å². The first kappa shape index (κ1) is 12.8. The van der Waals surface area contributed by atoms with Crippen LogP contribution in [0.1, 0.15) is 11.3 Å². The molecule has 1 aliphatic rings. The van der Waals surface area contributed by atoms with E-state index < -0.39 is 0 Å². The van der Waals surface area contributed by atoms with Crippen LogP contribution in [-0.4, -0.2) is 50.1 Å². The normalized spacial score (nSPS) is 16.6. The van der Waals surface area contributed by atoms with E-state index >= 15 is 0 Å². The fourth-order valence-electron chi connectivity index (χ4n) is 2.48. The number of carbonyl (C=O) groups is 1. The number of nitrogen functional groups attached to an aromatic ring is 1. The Kier molecular flexibility index (Phi) is 3.25. The smallest absolute Gasteiger partial charge is 0.234 e. The van der Waals surface area contributed by atoms with Crippen molar-refractivity contribution in [3.63, 3.8) is 0 Å². The molecule has 0 saturated carbocycles. The van der Waals surface area contributed by atoms with E-state index in [2.05, 4.69) is 15.4 Å². The molecule has 3 rings (SSSR count). The Labute approximate surface area is 115 Å². The van der Waals surface area contributed by atoms with E-state index in [9.17, 15) is 9.90 Å². The molecular formula is C12H16N6O2. The average Bonchev–Trinajstić information content (AvgIpc) is 2.77. The van der Waals surface area contributed by atoms with Gasteiger partial charge in [-0.15, -0.1) is 0 Å². The Morgan fingerprint density at radius 2 is 2.35 bits per heavy atom. The maximum atomic E-state index is 11.4. The van der Waals surface area contributed by atoms with Crippen LogP contribution in [0.4, 0.5) is 5.82 Å². The second-order valence-corrected chi connectivity index (χ2v) is 4.78. The maximum Gasteiger partial charge on any atom is 0.234 e. The van der Waals surface area contributed by atoms with E-state index in [0.29, 0.717) is 36.7 Å². The highest BCUT2D eigenvalue weighted by Crippen LogP contribution is 2.20. The van der Waals surface area contributed by atoms with Crippen LogP contribution >= 0.6 is 0 Å². The summed E-state index contributed by atoms with van der Waals surface area (Å²) in [4.78, 5) is 17.4. The van der Waals surface area contributed by atoms with E-state index in [0.717, 1.165) is 12.1 Å². The van der Waals surface area contributed by atoms with Crippen LogP contribution in [0.25, 0.3) is 5.52 Å². The summed E-state index contributed by atoms with van der Waals surface area (Å²) >= 11 is 0. The van der Waals surface area contributed by atoms with Gasteiger partial charge in [-0.05, 0) is 11.6 Å². The number of hydrogen-bond donors (Lipinski definition) is 3. The number of piperazine rings is 1. The highest BCUT2D eigenvalue weighted by molar-refractivity contribution is 5.78. The van der Waals surface area contributed by atoms with Crippen molar-refractivity contribution in [3.05, 3.63) is 23.7 Å². The summed E-state index contributed by atoms with van der Waals surface area (Å²) < 4.78 is 1.60. The molecule has 8 heteroatoms. The summed E-state index contributed by atoms with van der Waals surface area (Å²) in [5.41, 5.74) is 8.08. The molecule has 0 aromatic carbocycles. The molecule has 1 fully saturated rings. The van der Waals surface area contributed by atoms with Crippen LogP contribution < -0.4 is 11.1 Å². The molecule has 106 valence electrons. The molecule has 1 amide bonds. The topological polar surface area (TPSA) is 109 Å². The van der Waals surface area contributed by atoms with Gasteiger partial charge in [-0.25, -0.2) is 9.50 Å². The number of hydrogen-bond acceptors (Lipinski definition) is 6. The Morgan fingerprint density at radius 3 is 3.10 bits per heavy atom. The molecule has 0 radical (unpaired) electrons. The highest BCUT2D eigenvalue weighted by Gasteiger charge is 2.20. The SMILES string of the molecule is Nc1ncnn2c(CO)c(CN3CCNC(=O)C3)cc12. The zero-order valence-corrected chi connectivity index (χ0v) is 10.9. The fourth-order valence-corrected chi connectivity index (χ4v) is 2.48. The molecule has 4 N–H and O–H groups in total. The Hall–Kier alpha value is -2.19. The van der Waals surface area contributed by atoms with Gasteiger partial charge in [0.2, 0.25) is 5.91 Å². The monoisotopic (exact) mass is 276 g/mol. The van der Waals surface area contributed by atoms with E-state index in [1.807, 2.05) is 11.0 Å². The van der Waals surface area contributed by atoms with Gasteiger partial charge in [0.1, 0.15) is 11.8 Å². The van der Waals surface area contributed by atoms with Crippen LogP contribution in [-0.2, 0) is 17.9 Å². The maximum absolute atomic E-state index is 11.4. The first-order valence-corrected chi connectivity index (χ1v) is 6.39. The fraction of sp³-hybridized carbons (Fsp3) is 0.417. The molecule has 0 aliphatic carbocycles. The minimum absolute atomic E-state index is 0.0184. The van der Waals surface area contributed by atoms with E-state index in [1.165, 1.54) is 6.33 Å². The number of aromatic nitrogens is 3. The summed E-state index contributed by atoms with van der Waals surface area (Å²) in [6.07, 6.45) is 1.36. The van der Waals surface area contributed by atoms with Gasteiger partial charge in [0.05, 0.1) is 18.8 Å². The van der Waals surface area contributed by atoms with Crippen molar-refractivity contribution in [1.29, 1.82) is 0 Å². The number of aliphatic hydroxyl groups excluding tert-OH is 1. The Balaban J connectivity index is 1.94. The van der Waals surface area contributed by atoms with E-state index in [-0.39, 0.29) is 12.5 Å². The molecule has 8 nitrogen and oxygen atoms in total. The summed E-state index contributed by atoms with van der Waals surface area (Å²) in [5, 5.41) is 16.5. The van der Waals surface area contributed by atoms with Crippen LogP contribution in [0.3, 0.4) is 0 Å². The standard InChI is InChI=1S/C12H16N6O2/c13-12-9-3-8(4-17-2-1-14-11(20)5-17)10(6-19)18(9)16-7-15-12/h3,7,19H,1-2,4-6H2,(H,14,20)(H2,13,15,16). The van der Waals surface area contributed by atoms with Crippen molar-refractivity contribution in [3.8, 4) is 0 Å². The second-order valence-electron chi connectivity index (χ2n) is 4.78. The summed E-state index contributed by atoms with van der Waals surface area (Å²) in [5.74, 6) is 0.391. The van der Waals surface area contributed by atoms with Crippen molar-refractivity contribution in [2.45, 2.75) is 13.2 Å². The molecule has 1 saturated heterocycles. The van der Waals surface area contributed by atoms with Crippen molar-refractivity contribution in [2.75, 3.05) is 25.4 Å². The third-order valence-corrected chi connectivity index (χ3v) is 3.45. The Bertz CT molecular complexity index is 653. The van der Waals surface area contributed by atoms with Crippen LogP contribution in [0, 0.1) is 0 Å². The number of anilines is 1. The molecular weight excluding hydrogens is 260 g/mol. The van der Waals surface area contributed by atoms with Crippen molar-refractivity contribution < 1.29 is 9.90 Å². The minimum Gasteiger partial charge on any atom is -0.390 e. The number of nitrogens with two attached hydrogens (primary N) is 1. The third-order valence-electron chi connectivity index (χ3n) is 3.45. The quantitative estimate of drug-likeness (QED) is 0.645. The largest absolute Gasteiger partial charge is 0.390 e. The number of fused-ring (bicyclic) bond motifs is 1. The number of nitrogens with one attached hydrogen (secondary N) is 1. The molecule has 1 aliphatic heterocycles. The predicted molar refractivity (Wildman–Crippen MR) is 71.6 cm³/mol. The molecule has 0 atom stereocenters. The van der Waals surface area contributed by atoms with Crippen LogP contribution in [0.5, 0.6) is 0 Å². The van der Waals surface area contributed by atoms with Gasteiger partial charge in [0.25, 0.3) is 0 Å². The molecule has 20 heavy (non-hydrogen) atoms. The summed E-state index contributed by atoms with van der Waals surface area (Å²) in [7, 11) is 0. The van der Waals surface area contributed by atoms with E-state index in [1.54, 1.807) is 4.52 Å². The number of rotatable bonds is 3. The van der Waals surface area contributed by atoms with E-state index in [4.69, 9.17) is 5.73 Å². The zero-order chi connectivity index (χ0) is 14.1. The minimum atomic E-state index is -0.139. The lowest BCUT2D eigenvalue weighted by molar-refractivity contribution is -0.124. The van der Waals surface area contributed by atoms with Crippen molar-refractivity contribution in [2.24, 2.45) is 0 Å². The lowest BCUT2D eigenvalue weighted by Gasteiger charge is -2.26. The van der Waals surface area contributed by atoms with Gasteiger partial charge in [0, 0.05) is 19.6 Å². The first-order chi connectivity index (χ1) is 9.69. The Morgan fingerprint density at radius 1 is 1.50 bits per heavy atom. The van der Waals surface area contributed by atoms with Gasteiger partial charge in [-0.2, -0.15) is 5.10 Å². The number of carbonyl (C=O) groups excluding carboxylic acids is 1. The molecule has 2 aromatic rings. The lowest BCUT2D eigenvalue weighted by Crippen LogP contribution is -2.47. The van der Waals surface area contributed by atoms with Gasteiger partial charge >= 0.3 is 0 Å². The molecule has 0 unspecified atom stereocenters. The molecule has 0 bridgehead atoms. The number of nitrogens with zero attached hydrogens (tertiary/aromatic N) is 4. The summed E-state index contributed by atoms with van der Waals surface area (Å²) in [6, 6.07) is 1.87. The molecule has 0 spiro atoms. The zero-order valence-electron chi connectivity index (χ0n) is 10.9. The highest BCUT2D eigenvalue weighted by atomic mass is 16.3. The molecule has 3 heterocycles. The average molecular weight is 276 g/mol. The van der Waals surface area contributed by atoms with Crippen molar-refractivity contribution in [1.82, 2.24) is 24.8 Å². The number of amides is 1. The third kappa shape index (κ3) is 2.19. The predicted octanol–water partition coefficient (Wildman–Crippen LogP) is -1.26. The van der Waals surface area contributed by atoms with Crippen LogP contribution in [0.15, 0.2) is 12.4 Å². The summed E-state index contributed by atoms with van der Waals surface area (Å²) in [6.45, 7) is 2.22. The van der Waals surface area contributed by atoms with Gasteiger partial charge < -0.3 is 16.2 Å². The lowest BCUT2D eigenvalue weighted by atomic mass is 10.2. The van der Waals surface area contributed by atoms with Crippen molar-refractivity contribution >= 4 is 17.2 Å². The second kappa shape index (κ2) is 5.06. The van der Waals surface area contributed by atoms with Gasteiger partial charge in [0.15, 0.2) is 5.82 Å². The van der Waals surface area contributed by atoms with Crippen LogP contribution in [0.2, 0.25) is 0 Å². The van der Waals surface area contributed by atoms with Gasteiger partial charge in [-0.3, -0.25) is 9.69 Å². The first-order valence-electron chi connectivity index (χ1n) is 6.39.